The number of aromatic amines is 1. The number of hydrogen-bond donors (Lipinski definition) is 2. The highest BCUT2D eigenvalue weighted by Gasteiger charge is 1.83. The number of aromatic nitrogens is 4. The third-order valence-electron chi connectivity index (χ3n) is 1.000. The van der Waals surface area contributed by atoms with Crippen LogP contribution in [0.25, 0.3) is 0 Å². The molecule has 74 valence electrons. The Morgan fingerprint density at radius 3 is 2.15 bits per heavy atom. The summed E-state index contributed by atoms with van der Waals surface area (Å²) >= 11 is 13.1. The molecule has 0 aliphatic heterocycles. The normalized spacial score (nSPS) is 8.62. The summed E-state index contributed by atoms with van der Waals surface area (Å²) in [7, 11) is 5.47. The second-order valence-electron chi connectivity index (χ2n) is 2.32. The molecule has 0 saturated heterocycles. The smallest absolute Gasteiger partial charge is 0.237 e. The van der Waals surface area contributed by atoms with Crippen LogP contribution in [0.15, 0.2) is 0 Å². The lowest BCUT2D eigenvalue weighted by Gasteiger charge is -2.05. The Hall–Kier alpha value is -0.470. The largest absolute Gasteiger partial charge is 0.364 e. The third kappa shape index (κ3) is 5.72. The molecule has 0 saturated carbocycles. The molecule has 1 aromatic heterocycles. The topological polar surface area (TPSA) is 49.7 Å². The third-order valence-corrected chi connectivity index (χ3v) is 2.12. The van der Waals surface area contributed by atoms with E-state index in [1.54, 1.807) is 16.6 Å². The summed E-state index contributed by atoms with van der Waals surface area (Å²) in [6.07, 6.45) is 0. The first kappa shape index (κ1) is 12.5. The monoisotopic (exact) mass is 237 g/mol. The van der Waals surface area contributed by atoms with Gasteiger partial charge < -0.3 is 4.90 Å². The van der Waals surface area contributed by atoms with E-state index in [1.807, 2.05) is 14.1 Å². The van der Waals surface area contributed by atoms with Gasteiger partial charge in [0.05, 0.1) is 0 Å². The first-order valence-electron chi connectivity index (χ1n) is 3.29. The molecule has 0 atom stereocenters. The second kappa shape index (κ2) is 6.06. The molecule has 0 radical (unpaired) electrons. The van der Waals surface area contributed by atoms with Crippen LogP contribution in [0.3, 0.4) is 0 Å². The lowest BCUT2D eigenvalue weighted by atomic mass is 11.0. The van der Waals surface area contributed by atoms with Crippen LogP contribution < -0.4 is 0 Å². The van der Waals surface area contributed by atoms with E-state index in [1.165, 1.54) is 0 Å². The predicted octanol–water partition coefficient (Wildman–Crippen LogP) is 0.635. The summed E-state index contributed by atoms with van der Waals surface area (Å²) in [6.45, 7) is 0. The average Bonchev–Trinajstić information content (AvgIpc) is 2.37. The predicted molar refractivity (Wildman–Crippen MR) is 61.5 cm³/mol. The number of tetrazole rings is 1. The lowest BCUT2D eigenvalue weighted by Crippen LogP contribution is -2.12. The Bertz CT molecular complexity index is 314. The highest BCUT2D eigenvalue weighted by Crippen LogP contribution is 1.84. The van der Waals surface area contributed by atoms with Crippen molar-refractivity contribution in [3.05, 3.63) is 4.77 Å². The van der Waals surface area contributed by atoms with Crippen molar-refractivity contribution in [1.82, 2.24) is 25.1 Å². The van der Waals surface area contributed by atoms with Gasteiger partial charge in [-0.1, -0.05) is 22.5 Å². The summed E-state index contributed by atoms with van der Waals surface area (Å²) in [6, 6.07) is 0. The molecule has 0 bridgehead atoms. The van der Waals surface area contributed by atoms with Gasteiger partial charge in [0, 0.05) is 21.1 Å². The van der Waals surface area contributed by atoms with Crippen LogP contribution in [-0.4, -0.2) is 43.5 Å². The fraction of sp³-hybridized carbons (Fsp3) is 0.600. The zero-order valence-corrected chi connectivity index (χ0v) is 10.1. The molecule has 1 N–H and O–H groups in total. The van der Waals surface area contributed by atoms with Gasteiger partial charge in [-0.05, 0) is 12.2 Å². The SMILES string of the molecule is CN(C)C(=S)S.Cn1[nH]nnc1=S. The van der Waals surface area contributed by atoms with E-state index in [0.717, 1.165) is 0 Å². The summed E-state index contributed by atoms with van der Waals surface area (Å²) < 4.78 is 2.64. The fourth-order valence-corrected chi connectivity index (χ4v) is 0.324. The van der Waals surface area contributed by atoms with Crippen molar-refractivity contribution in [2.75, 3.05) is 14.1 Å². The van der Waals surface area contributed by atoms with Crippen molar-refractivity contribution >= 4 is 41.4 Å². The molecule has 1 aromatic rings. The van der Waals surface area contributed by atoms with Crippen LogP contribution in [-0.2, 0) is 7.05 Å². The molecular weight excluding hydrogens is 226 g/mol. The van der Waals surface area contributed by atoms with E-state index >= 15 is 0 Å². The van der Waals surface area contributed by atoms with Gasteiger partial charge in [-0.2, -0.15) is 5.21 Å². The lowest BCUT2D eigenvalue weighted by molar-refractivity contribution is 0.648. The van der Waals surface area contributed by atoms with Crippen molar-refractivity contribution in [2.24, 2.45) is 7.05 Å². The van der Waals surface area contributed by atoms with E-state index in [4.69, 9.17) is 0 Å². The summed E-state index contributed by atoms with van der Waals surface area (Å²) in [5.74, 6) is 0. The van der Waals surface area contributed by atoms with Crippen molar-refractivity contribution in [1.29, 1.82) is 0 Å². The van der Waals surface area contributed by atoms with E-state index < -0.39 is 0 Å². The zero-order valence-electron chi connectivity index (χ0n) is 7.55. The second-order valence-corrected chi connectivity index (χ2v) is 3.80. The van der Waals surface area contributed by atoms with Crippen LogP contribution in [0.5, 0.6) is 0 Å². The van der Waals surface area contributed by atoms with E-state index in [9.17, 15) is 0 Å². The number of hydrogen-bond acceptors (Lipinski definition) is 4. The van der Waals surface area contributed by atoms with Crippen LogP contribution in [0, 0.1) is 4.77 Å². The number of thiol groups is 1. The molecule has 5 nitrogen and oxygen atoms in total. The Labute approximate surface area is 92.5 Å². The number of rotatable bonds is 0. The molecule has 1 heterocycles. The zero-order chi connectivity index (χ0) is 10.4. The van der Waals surface area contributed by atoms with E-state index in [2.05, 4.69) is 52.6 Å². The molecule has 8 heteroatoms. The molecule has 1 rings (SSSR count). The van der Waals surface area contributed by atoms with Gasteiger partial charge in [0.2, 0.25) is 4.77 Å². The number of H-pyrrole nitrogens is 1. The first-order chi connectivity index (χ1) is 5.95. The maximum atomic E-state index is 4.64. The van der Waals surface area contributed by atoms with E-state index in [0.29, 0.717) is 9.09 Å². The fourth-order valence-electron chi connectivity index (χ4n) is 0.242. The molecule has 0 aliphatic rings. The highest BCUT2D eigenvalue weighted by molar-refractivity contribution is 8.10. The number of nitrogens with zero attached hydrogens (tertiary/aromatic N) is 4. The Morgan fingerprint density at radius 2 is 2.08 bits per heavy atom. The van der Waals surface area contributed by atoms with Gasteiger partial charge >= 0.3 is 0 Å². The van der Waals surface area contributed by atoms with Crippen LogP contribution >= 0.6 is 37.1 Å². The quantitative estimate of drug-likeness (QED) is 0.512. The van der Waals surface area contributed by atoms with Crippen molar-refractivity contribution in [2.45, 2.75) is 0 Å². The number of thiocarbonyl (C=S) groups is 1. The molecule has 0 aliphatic carbocycles. The van der Waals surface area contributed by atoms with Crippen molar-refractivity contribution in [3.8, 4) is 0 Å². The maximum Gasteiger partial charge on any atom is 0.237 e. The van der Waals surface area contributed by atoms with Crippen molar-refractivity contribution < 1.29 is 0 Å². The molecule has 0 aromatic carbocycles. The van der Waals surface area contributed by atoms with Crippen LogP contribution in [0.4, 0.5) is 0 Å². The molecule has 0 unspecified atom stereocenters. The van der Waals surface area contributed by atoms with Gasteiger partial charge in [0.25, 0.3) is 0 Å². The summed E-state index contributed by atoms with van der Waals surface area (Å²) in [5, 5.41) is 9.41. The van der Waals surface area contributed by atoms with Crippen LogP contribution in [0.2, 0.25) is 0 Å². The maximum absolute atomic E-state index is 4.64. The Kier molecular flexibility index (Phi) is 5.84. The number of nitrogens with one attached hydrogen (secondary N) is 1. The molecule has 0 spiro atoms. The van der Waals surface area contributed by atoms with E-state index in [-0.39, 0.29) is 0 Å². The van der Waals surface area contributed by atoms with Gasteiger partial charge in [0.1, 0.15) is 4.32 Å². The van der Waals surface area contributed by atoms with Gasteiger partial charge in [-0.3, -0.25) is 0 Å². The standard InChI is InChI=1S/C3H7NS2.C2H4N4S/c1-4(2)3(5)6;1-6-2(7)3-4-5-6/h1-2H3,(H,5,6);1H3,(H,3,5,7). The molecule has 13 heavy (non-hydrogen) atoms. The minimum absolute atomic E-state index is 0.472. The highest BCUT2D eigenvalue weighted by atomic mass is 32.1. The minimum Gasteiger partial charge on any atom is -0.364 e. The van der Waals surface area contributed by atoms with Gasteiger partial charge in [0.15, 0.2) is 0 Å². The summed E-state index contributed by atoms with van der Waals surface area (Å²) in [5.41, 5.74) is 0. The minimum atomic E-state index is 0.472. The first-order valence-corrected chi connectivity index (χ1v) is 4.56. The van der Waals surface area contributed by atoms with Gasteiger partial charge in [-0.25, -0.2) is 4.68 Å². The molecule has 0 amide bonds. The summed E-state index contributed by atoms with van der Waals surface area (Å²) in [4.78, 5) is 1.76. The number of aryl methyl sites for hydroxylation is 1. The van der Waals surface area contributed by atoms with Gasteiger partial charge in [-0.15, -0.1) is 12.6 Å². The molecular formula is C5H11N5S3. The van der Waals surface area contributed by atoms with Crippen molar-refractivity contribution in [3.63, 3.8) is 0 Å². The Morgan fingerprint density at radius 1 is 1.62 bits per heavy atom. The van der Waals surface area contributed by atoms with Crippen LogP contribution in [0.1, 0.15) is 0 Å². The molecule has 0 fully saturated rings. The average molecular weight is 237 g/mol. The Balaban J connectivity index is 0.000000226.